The molecular formula is C13H17BF3O2-. The first-order valence-electron chi connectivity index (χ1n) is 6.52. The van der Waals surface area contributed by atoms with E-state index in [9.17, 15) is 12.9 Å². The van der Waals surface area contributed by atoms with Gasteiger partial charge in [-0.15, -0.1) is 5.46 Å². The molecule has 0 N–H and O–H groups in total. The summed E-state index contributed by atoms with van der Waals surface area (Å²) < 4.78 is 48.8. The van der Waals surface area contributed by atoms with Gasteiger partial charge in [-0.1, -0.05) is 12.1 Å². The molecule has 1 aromatic carbocycles. The minimum Gasteiger partial charge on any atom is -0.491 e. The van der Waals surface area contributed by atoms with Crippen LogP contribution in [0.25, 0.3) is 0 Å². The molecule has 1 aromatic rings. The molecule has 1 atom stereocenters. The Morgan fingerprint density at radius 2 is 2.11 bits per heavy atom. The van der Waals surface area contributed by atoms with Crippen LogP contribution >= 0.6 is 0 Å². The van der Waals surface area contributed by atoms with E-state index in [1.165, 1.54) is 6.07 Å². The molecule has 0 aromatic heterocycles. The third-order valence-electron chi connectivity index (χ3n) is 3.28. The fraction of sp³-hybridized carbons (Fsp3) is 0.538. The molecule has 0 bridgehead atoms. The molecule has 1 heterocycles. The number of halogens is 3. The summed E-state index contributed by atoms with van der Waals surface area (Å²) in [5.41, 5.74) is -0.0775. The van der Waals surface area contributed by atoms with Crippen molar-refractivity contribution in [1.82, 2.24) is 0 Å². The Kier molecular flexibility index (Phi) is 4.40. The number of hydrogen-bond donors (Lipinski definition) is 0. The number of aryl methyl sites for hydroxylation is 1. The molecule has 0 saturated carbocycles. The number of rotatable bonds is 4. The van der Waals surface area contributed by atoms with Gasteiger partial charge in [-0.2, -0.15) is 0 Å². The minimum absolute atomic E-state index is 0.0552. The molecule has 0 spiro atoms. The fourth-order valence-electron chi connectivity index (χ4n) is 2.16. The summed E-state index contributed by atoms with van der Waals surface area (Å²) in [6, 6.07) is 3.60. The molecule has 19 heavy (non-hydrogen) atoms. The van der Waals surface area contributed by atoms with Gasteiger partial charge in [-0.3, -0.25) is 0 Å². The monoisotopic (exact) mass is 273 g/mol. The third kappa shape index (κ3) is 3.90. The van der Waals surface area contributed by atoms with Gasteiger partial charge >= 0.3 is 6.98 Å². The predicted octanol–water partition coefficient (Wildman–Crippen LogP) is 3.00. The van der Waals surface area contributed by atoms with Crippen molar-refractivity contribution in [2.45, 2.75) is 32.3 Å². The molecule has 2 rings (SSSR count). The maximum absolute atomic E-state index is 12.6. The van der Waals surface area contributed by atoms with Crippen LogP contribution in [0.1, 0.15) is 24.8 Å². The summed E-state index contributed by atoms with van der Waals surface area (Å²) in [6.45, 7) is -2.18. The van der Waals surface area contributed by atoms with Gasteiger partial charge in [0.2, 0.25) is 0 Å². The van der Waals surface area contributed by atoms with E-state index in [1.54, 1.807) is 6.92 Å². The second kappa shape index (κ2) is 5.86. The van der Waals surface area contributed by atoms with Crippen molar-refractivity contribution in [3.05, 3.63) is 23.8 Å². The van der Waals surface area contributed by atoms with Crippen molar-refractivity contribution in [2.75, 3.05) is 13.2 Å². The molecule has 0 radical (unpaired) electrons. The molecule has 1 fully saturated rings. The van der Waals surface area contributed by atoms with E-state index in [2.05, 4.69) is 0 Å². The largest absolute Gasteiger partial charge is 0.509 e. The van der Waals surface area contributed by atoms with Gasteiger partial charge in [-0.25, -0.2) is 0 Å². The van der Waals surface area contributed by atoms with Crippen LogP contribution in [0.5, 0.6) is 5.75 Å². The Morgan fingerprint density at radius 1 is 1.32 bits per heavy atom. The van der Waals surface area contributed by atoms with Crippen LogP contribution in [-0.4, -0.2) is 26.3 Å². The Balaban J connectivity index is 1.97. The van der Waals surface area contributed by atoms with Crippen molar-refractivity contribution in [3.63, 3.8) is 0 Å². The highest BCUT2D eigenvalue weighted by molar-refractivity contribution is 6.73. The first-order chi connectivity index (χ1) is 8.97. The molecule has 2 nitrogen and oxygen atoms in total. The van der Waals surface area contributed by atoms with Crippen LogP contribution in [0.2, 0.25) is 0 Å². The molecular weight excluding hydrogens is 256 g/mol. The summed E-state index contributed by atoms with van der Waals surface area (Å²) in [7, 11) is 0. The maximum Gasteiger partial charge on any atom is 0.509 e. The maximum atomic E-state index is 12.6. The van der Waals surface area contributed by atoms with Crippen molar-refractivity contribution >= 4 is 12.4 Å². The van der Waals surface area contributed by atoms with Crippen LogP contribution in [0, 0.1) is 6.92 Å². The highest BCUT2D eigenvalue weighted by Crippen LogP contribution is 2.20. The van der Waals surface area contributed by atoms with Gasteiger partial charge in [0.05, 0.1) is 6.10 Å². The quantitative estimate of drug-likeness (QED) is 0.785. The highest BCUT2D eigenvalue weighted by Gasteiger charge is 2.26. The second-order valence-electron chi connectivity index (χ2n) is 4.90. The van der Waals surface area contributed by atoms with Gasteiger partial charge in [0.25, 0.3) is 0 Å². The van der Waals surface area contributed by atoms with Gasteiger partial charge in [0.1, 0.15) is 12.4 Å². The lowest BCUT2D eigenvalue weighted by molar-refractivity contribution is -0.0111. The van der Waals surface area contributed by atoms with Crippen molar-refractivity contribution in [3.8, 4) is 5.75 Å². The Labute approximate surface area is 111 Å². The lowest BCUT2D eigenvalue weighted by atomic mass is 9.79. The second-order valence-corrected chi connectivity index (χ2v) is 4.90. The summed E-state index contributed by atoms with van der Waals surface area (Å²) >= 11 is 0. The zero-order valence-electron chi connectivity index (χ0n) is 10.9. The van der Waals surface area contributed by atoms with E-state index in [4.69, 9.17) is 9.47 Å². The van der Waals surface area contributed by atoms with Crippen LogP contribution in [-0.2, 0) is 4.74 Å². The average molecular weight is 273 g/mol. The highest BCUT2D eigenvalue weighted by atomic mass is 19.4. The zero-order chi connectivity index (χ0) is 13.9. The lowest BCUT2D eigenvalue weighted by Gasteiger charge is -2.23. The van der Waals surface area contributed by atoms with Crippen molar-refractivity contribution in [1.29, 1.82) is 0 Å². The molecule has 1 aliphatic heterocycles. The normalized spacial score (nSPS) is 20.3. The van der Waals surface area contributed by atoms with Crippen LogP contribution in [0.4, 0.5) is 12.9 Å². The molecule has 6 heteroatoms. The van der Waals surface area contributed by atoms with E-state index >= 15 is 0 Å². The molecule has 1 aliphatic rings. The summed E-state index contributed by atoms with van der Waals surface area (Å²) in [6.07, 6.45) is 3.18. The fourth-order valence-corrected chi connectivity index (χ4v) is 2.16. The molecule has 0 amide bonds. The first kappa shape index (κ1) is 14.2. The van der Waals surface area contributed by atoms with E-state index < -0.39 is 12.4 Å². The molecule has 1 unspecified atom stereocenters. The molecule has 1 saturated heterocycles. The first-order valence-corrected chi connectivity index (χ1v) is 6.52. The third-order valence-corrected chi connectivity index (χ3v) is 3.28. The molecule has 106 valence electrons. The lowest BCUT2D eigenvalue weighted by Crippen LogP contribution is -2.34. The van der Waals surface area contributed by atoms with Crippen LogP contribution < -0.4 is 10.2 Å². The Bertz CT molecular complexity index is 428. The van der Waals surface area contributed by atoms with E-state index in [-0.39, 0.29) is 6.10 Å². The van der Waals surface area contributed by atoms with E-state index in [0.717, 1.165) is 38.0 Å². The smallest absolute Gasteiger partial charge is 0.491 e. The van der Waals surface area contributed by atoms with Gasteiger partial charge < -0.3 is 22.4 Å². The van der Waals surface area contributed by atoms with E-state index in [1.807, 2.05) is 0 Å². The number of ether oxygens (including phenoxy) is 2. The van der Waals surface area contributed by atoms with Crippen molar-refractivity contribution in [2.24, 2.45) is 0 Å². The number of benzene rings is 1. The van der Waals surface area contributed by atoms with E-state index in [0.29, 0.717) is 17.9 Å². The van der Waals surface area contributed by atoms with Crippen LogP contribution in [0.15, 0.2) is 18.2 Å². The SMILES string of the molecule is Cc1cc([B-](F)(F)F)ccc1OCC1CCCCO1. The number of hydrogen-bond acceptors (Lipinski definition) is 2. The zero-order valence-corrected chi connectivity index (χ0v) is 10.9. The topological polar surface area (TPSA) is 18.5 Å². The minimum atomic E-state index is -4.95. The van der Waals surface area contributed by atoms with Gasteiger partial charge in [-0.05, 0) is 37.8 Å². The van der Waals surface area contributed by atoms with Gasteiger partial charge in [0.15, 0.2) is 0 Å². The summed E-state index contributed by atoms with van der Waals surface area (Å²) in [5.74, 6) is 0.498. The average Bonchev–Trinajstić information content (AvgIpc) is 2.37. The Hall–Kier alpha value is -1.17. The van der Waals surface area contributed by atoms with Crippen molar-refractivity contribution < 1.29 is 22.4 Å². The molecule has 0 aliphatic carbocycles. The standard InChI is InChI=1S/C13H17BF3O2/c1-10-8-11(14(15,16)17)5-6-13(10)19-9-12-4-2-3-7-18-12/h5-6,8,12H,2-4,7,9H2,1H3/q-1. The predicted molar refractivity (Wildman–Crippen MR) is 69.0 cm³/mol. The Morgan fingerprint density at radius 3 is 2.68 bits per heavy atom. The van der Waals surface area contributed by atoms with Gasteiger partial charge in [0, 0.05) is 6.61 Å². The summed E-state index contributed by atoms with van der Waals surface area (Å²) in [4.78, 5) is 0. The summed E-state index contributed by atoms with van der Waals surface area (Å²) in [5, 5.41) is 0. The van der Waals surface area contributed by atoms with Crippen LogP contribution in [0.3, 0.4) is 0 Å².